The molecule has 0 rings (SSSR count). The van der Waals surface area contributed by atoms with Crippen LogP contribution in [-0.4, -0.2) is 41.2 Å². The van der Waals surface area contributed by atoms with Gasteiger partial charge >= 0.3 is 24.0 Å². The molecule has 0 bridgehead atoms. The van der Waals surface area contributed by atoms with Crippen LogP contribution in [0, 0.1) is 0 Å². The number of alkyl carbamates (subject to hydrolysis) is 1. The lowest BCUT2D eigenvalue weighted by Crippen LogP contribution is -2.46. The maximum Gasteiger partial charge on any atom is 0.408 e. The molecular weight excluding hydrogens is 354 g/mol. The van der Waals surface area contributed by atoms with E-state index in [4.69, 9.17) is 14.2 Å². The van der Waals surface area contributed by atoms with E-state index in [0.29, 0.717) is 6.42 Å². The van der Waals surface area contributed by atoms with Gasteiger partial charge in [0, 0.05) is 12.8 Å². The van der Waals surface area contributed by atoms with E-state index in [0.717, 1.165) is 6.42 Å². The molecule has 1 atom stereocenters. The molecule has 0 heterocycles. The van der Waals surface area contributed by atoms with Crippen molar-refractivity contribution in [2.24, 2.45) is 0 Å². The zero-order chi connectivity index (χ0) is 21.3. The summed E-state index contributed by atoms with van der Waals surface area (Å²) in [5, 5.41) is 2.41. The Bertz CT molecular complexity index is 529. The number of rotatable bonds is 8. The van der Waals surface area contributed by atoms with Gasteiger partial charge in [-0.25, -0.2) is 9.59 Å². The highest BCUT2D eigenvalue weighted by Crippen LogP contribution is 2.13. The van der Waals surface area contributed by atoms with Crippen LogP contribution >= 0.6 is 0 Å². The fourth-order valence-corrected chi connectivity index (χ4v) is 1.88. The minimum absolute atomic E-state index is 0.0753. The monoisotopic (exact) mass is 387 g/mol. The van der Waals surface area contributed by atoms with E-state index in [9.17, 15) is 19.2 Å². The maximum absolute atomic E-state index is 12.3. The van der Waals surface area contributed by atoms with Crippen LogP contribution in [0.2, 0.25) is 0 Å². The van der Waals surface area contributed by atoms with Gasteiger partial charge in [-0.1, -0.05) is 13.3 Å². The number of hydrogen-bond acceptors (Lipinski definition) is 7. The minimum atomic E-state index is -1.10. The van der Waals surface area contributed by atoms with Gasteiger partial charge in [0.05, 0.1) is 0 Å². The van der Waals surface area contributed by atoms with E-state index < -0.39 is 41.2 Å². The van der Waals surface area contributed by atoms with Crippen LogP contribution < -0.4 is 5.32 Å². The molecule has 0 aromatic heterocycles. The number of carbonyl (C=O) groups excluding carboxylic acids is 4. The molecule has 1 N–H and O–H groups in total. The number of unbranched alkanes of at least 4 members (excludes halogenated alkanes) is 1. The highest BCUT2D eigenvalue weighted by molar-refractivity contribution is 5.86. The number of ether oxygens (including phenoxy) is 3. The van der Waals surface area contributed by atoms with Crippen LogP contribution in [-0.2, 0) is 28.6 Å². The maximum atomic E-state index is 12.3. The van der Waals surface area contributed by atoms with Crippen molar-refractivity contribution in [2.45, 2.75) is 97.8 Å². The second kappa shape index (κ2) is 10.9. The second-order valence-corrected chi connectivity index (χ2v) is 8.22. The van der Waals surface area contributed by atoms with Gasteiger partial charge in [-0.3, -0.25) is 9.59 Å². The average Bonchev–Trinajstić information content (AvgIpc) is 2.45. The van der Waals surface area contributed by atoms with Crippen molar-refractivity contribution in [1.29, 1.82) is 0 Å². The lowest BCUT2D eigenvalue weighted by atomic mass is 10.1. The summed E-state index contributed by atoms with van der Waals surface area (Å²) in [6.07, 6.45) is 0.502. The Labute approximate surface area is 161 Å². The number of hydrogen-bond donors (Lipinski definition) is 1. The quantitative estimate of drug-likeness (QED) is 0.387. The number of amides is 1. The van der Waals surface area contributed by atoms with Crippen LogP contribution in [0.15, 0.2) is 0 Å². The van der Waals surface area contributed by atoms with Crippen molar-refractivity contribution < 1.29 is 33.4 Å². The normalized spacial score (nSPS) is 12.7. The zero-order valence-electron chi connectivity index (χ0n) is 17.5. The number of nitrogens with one attached hydrogen (secondary N) is 1. The first kappa shape index (κ1) is 24.9. The molecular formula is C19H33NO7. The van der Waals surface area contributed by atoms with E-state index in [1.54, 1.807) is 41.5 Å². The van der Waals surface area contributed by atoms with E-state index in [1.165, 1.54) is 0 Å². The Hall–Kier alpha value is -2.12. The molecule has 0 saturated carbocycles. The van der Waals surface area contributed by atoms with Gasteiger partial charge < -0.3 is 19.5 Å². The Morgan fingerprint density at radius 3 is 1.85 bits per heavy atom. The Morgan fingerprint density at radius 1 is 0.852 bits per heavy atom. The van der Waals surface area contributed by atoms with Gasteiger partial charge in [0.1, 0.15) is 17.2 Å². The first-order valence-corrected chi connectivity index (χ1v) is 9.19. The number of carbonyl (C=O) groups is 4. The van der Waals surface area contributed by atoms with E-state index in [-0.39, 0.29) is 19.3 Å². The van der Waals surface area contributed by atoms with E-state index in [2.05, 4.69) is 5.32 Å². The van der Waals surface area contributed by atoms with Crippen molar-refractivity contribution in [3.05, 3.63) is 0 Å². The molecule has 27 heavy (non-hydrogen) atoms. The summed E-state index contributed by atoms with van der Waals surface area (Å²) in [4.78, 5) is 47.6. The summed E-state index contributed by atoms with van der Waals surface area (Å²) < 4.78 is 15.1. The Morgan fingerprint density at radius 2 is 1.37 bits per heavy atom. The second-order valence-electron chi connectivity index (χ2n) is 8.22. The zero-order valence-corrected chi connectivity index (χ0v) is 17.5. The fraction of sp³-hybridized carbons (Fsp3) is 0.789. The summed E-state index contributed by atoms with van der Waals surface area (Å²) in [5.74, 6) is -2.05. The smallest absolute Gasteiger partial charge is 0.408 e. The predicted molar refractivity (Wildman–Crippen MR) is 98.9 cm³/mol. The van der Waals surface area contributed by atoms with Crippen molar-refractivity contribution in [1.82, 2.24) is 5.32 Å². The first-order valence-electron chi connectivity index (χ1n) is 9.19. The molecule has 0 aliphatic carbocycles. The molecule has 0 radical (unpaired) electrons. The predicted octanol–water partition coefficient (Wildman–Crippen LogP) is 3.26. The number of esters is 3. The lowest BCUT2D eigenvalue weighted by molar-refractivity contribution is -0.160. The molecule has 0 spiro atoms. The van der Waals surface area contributed by atoms with Crippen LogP contribution in [0.3, 0.4) is 0 Å². The Balaban J connectivity index is 4.84. The van der Waals surface area contributed by atoms with Gasteiger partial charge in [-0.2, -0.15) is 0 Å². The van der Waals surface area contributed by atoms with Crippen LogP contribution in [0.4, 0.5) is 4.79 Å². The SMILES string of the molecule is CCCCC(=O)OC(=O)CCC(NC(=O)OC(C)(C)C)C(=O)OC(C)(C)C. The molecule has 0 fully saturated rings. The molecule has 1 amide bonds. The highest BCUT2D eigenvalue weighted by Gasteiger charge is 2.29. The van der Waals surface area contributed by atoms with Crippen LogP contribution in [0.5, 0.6) is 0 Å². The molecule has 0 aliphatic rings. The van der Waals surface area contributed by atoms with E-state index in [1.807, 2.05) is 6.92 Å². The molecule has 0 aromatic rings. The largest absolute Gasteiger partial charge is 0.458 e. The molecule has 1 unspecified atom stereocenters. The average molecular weight is 387 g/mol. The highest BCUT2D eigenvalue weighted by atomic mass is 16.6. The molecule has 156 valence electrons. The van der Waals surface area contributed by atoms with Gasteiger partial charge in [-0.05, 0) is 54.4 Å². The van der Waals surface area contributed by atoms with Crippen LogP contribution in [0.1, 0.15) is 80.6 Å². The summed E-state index contributed by atoms with van der Waals surface area (Å²) in [7, 11) is 0. The molecule has 8 nitrogen and oxygen atoms in total. The van der Waals surface area contributed by atoms with Crippen LogP contribution in [0.25, 0.3) is 0 Å². The van der Waals surface area contributed by atoms with Gasteiger partial charge in [0.25, 0.3) is 0 Å². The lowest BCUT2D eigenvalue weighted by Gasteiger charge is -2.26. The Kier molecular flexibility index (Phi) is 10.0. The fourth-order valence-electron chi connectivity index (χ4n) is 1.88. The third-order valence-corrected chi connectivity index (χ3v) is 2.98. The minimum Gasteiger partial charge on any atom is -0.458 e. The first-order chi connectivity index (χ1) is 12.2. The van der Waals surface area contributed by atoms with Gasteiger partial charge in [-0.15, -0.1) is 0 Å². The van der Waals surface area contributed by atoms with Crippen molar-refractivity contribution in [3.8, 4) is 0 Å². The molecule has 0 aromatic carbocycles. The summed E-state index contributed by atoms with van der Waals surface area (Å²) >= 11 is 0. The third kappa shape index (κ3) is 13.7. The van der Waals surface area contributed by atoms with Gasteiger partial charge in [0.2, 0.25) is 0 Å². The topological polar surface area (TPSA) is 108 Å². The van der Waals surface area contributed by atoms with Gasteiger partial charge in [0.15, 0.2) is 0 Å². The van der Waals surface area contributed by atoms with Crippen molar-refractivity contribution in [2.75, 3.05) is 0 Å². The standard InChI is InChI=1S/C19H33NO7/c1-8-9-10-14(21)25-15(22)12-11-13(16(23)26-18(2,3)4)20-17(24)27-19(5,6)7/h13H,8-12H2,1-7H3,(H,20,24). The van der Waals surface area contributed by atoms with Crippen molar-refractivity contribution >= 4 is 24.0 Å². The van der Waals surface area contributed by atoms with E-state index >= 15 is 0 Å². The molecule has 0 aliphatic heterocycles. The third-order valence-electron chi connectivity index (χ3n) is 2.98. The van der Waals surface area contributed by atoms with Crippen molar-refractivity contribution in [3.63, 3.8) is 0 Å². The summed E-state index contributed by atoms with van der Waals surface area (Å²) in [5.41, 5.74) is -1.51. The summed E-state index contributed by atoms with van der Waals surface area (Å²) in [6.45, 7) is 12.1. The molecule has 8 heteroatoms. The molecule has 0 saturated heterocycles. The summed E-state index contributed by atoms with van der Waals surface area (Å²) in [6, 6.07) is -1.10.